The fraction of sp³-hybridized carbons (Fsp3) is 0.500. The van der Waals surface area contributed by atoms with Crippen molar-refractivity contribution in [3.63, 3.8) is 0 Å². The molecule has 17 heavy (non-hydrogen) atoms. The fourth-order valence-corrected chi connectivity index (χ4v) is 3.01. The van der Waals surface area contributed by atoms with Gasteiger partial charge >= 0.3 is 0 Å². The first kappa shape index (κ1) is 12.7. The lowest BCUT2D eigenvalue weighted by Gasteiger charge is -2.32. The van der Waals surface area contributed by atoms with Crippen LogP contribution in [-0.2, 0) is 0 Å². The van der Waals surface area contributed by atoms with Gasteiger partial charge in [0.2, 0.25) is 0 Å². The summed E-state index contributed by atoms with van der Waals surface area (Å²) in [4.78, 5) is 6.44. The smallest absolute Gasteiger partial charge is 0.0863 e. The molecule has 1 fully saturated rings. The number of halogens is 2. The number of rotatable bonds is 1. The maximum atomic E-state index is 8.89. The van der Waals surface area contributed by atoms with Gasteiger partial charge in [-0.1, -0.05) is 11.6 Å². The van der Waals surface area contributed by atoms with Gasteiger partial charge in [-0.05, 0) is 35.7 Å². The molecule has 0 unspecified atom stereocenters. The predicted molar refractivity (Wildman–Crippen MR) is 72.2 cm³/mol. The maximum Gasteiger partial charge on any atom is 0.0863 e. The molecule has 1 saturated heterocycles. The summed E-state index contributed by atoms with van der Waals surface area (Å²) in [5, 5.41) is 9.59. The molecule has 90 valence electrons. The van der Waals surface area contributed by atoms with Crippen molar-refractivity contribution in [1.82, 2.24) is 4.98 Å². The zero-order valence-electron chi connectivity index (χ0n) is 9.58. The Labute approximate surface area is 115 Å². The van der Waals surface area contributed by atoms with E-state index in [9.17, 15) is 0 Å². The molecule has 0 saturated carbocycles. The molecule has 0 amide bonds. The second-order valence-corrected chi connectivity index (χ2v) is 5.48. The summed E-state index contributed by atoms with van der Waals surface area (Å²) < 4.78 is 0.920. The molecule has 1 aliphatic heterocycles. The zero-order valence-corrected chi connectivity index (χ0v) is 11.9. The summed E-state index contributed by atoms with van der Waals surface area (Å²) >= 11 is 9.80. The molecule has 1 aliphatic rings. The predicted octanol–water partition coefficient (Wildman–Crippen LogP) is 3.55. The van der Waals surface area contributed by atoms with Gasteiger partial charge in [-0.3, -0.25) is 4.98 Å². The summed E-state index contributed by atoms with van der Waals surface area (Å²) in [7, 11) is 0. The molecule has 2 heterocycles. The summed E-state index contributed by atoms with van der Waals surface area (Å²) in [6.45, 7) is 3.65. The van der Waals surface area contributed by atoms with E-state index in [0.717, 1.165) is 41.8 Å². The SMILES string of the molecule is Cc1ncc(Br)c(N2CCC(C#N)CC2)c1Cl. The Balaban J connectivity index is 2.25. The molecule has 0 radical (unpaired) electrons. The van der Waals surface area contributed by atoms with E-state index < -0.39 is 0 Å². The van der Waals surface area contributed by atoms with Gasteiger partial charge < -0.3 is 4.90 Å². The van der Waals surface area contributed by atoms with E-state index in [4.69, 9.17) is 16.9 Å². The average molecular weight is 315 g/mol. The van der Waals surface area contributed by atoms with Gasteiger partial charge in [-0.15, -0.1) is 0 Å². The highest BCUT2D eigenvalue weighted by Crippen LogP contribution is 2.36. The van der Waals surface area contributed by atoms with Crippen LogP contribution >= 0.6 is 27.5 Å². The van der Waals surface area contributed by atoms with Crippen molar-refractivity contribution in [3.05, 3.63) is 21.4 Å². The monoisotopic (exact) mass is 313 g/mol. The van der Waals surface area contributed by atoms with Gasteiger partial charge in [0.25, 0.3) is 0 Å². The summed E-state index contributed by atoms with van der Waals surface area (Å²) in [6.07, 6.45) is 3.59. The van der Waals surface area contributed by atoms with Crippen LogP contribution in [0.25, 0.3) is 0 Å². The molecule has 0 bridgehead atoms. The average Bonchev–Trinajstić information content (AvgIpc) is 2.35. The van der Waals surface area contributed by atoms with E-state index in [2.05, 4.69) is 31.9 Å². The van der Waals surface area contributed by atoms with Crippen molar-refractivity contribution in [3.8, 4) is 6.07 Å². The van der Waals surface area contributed by atoms with Crippen LogP contribution in [0.5, 0.6) is 0 Å². The van der Waals surface area contributed by atoms with Crippen LogP contribution in [0.15, 0.2) is 10.7 Å². The lowest BCUT2D eigenvalue weighted by Crippen LogP contribution is -2.33. The van der Waals surface area contributed by atoms with Crippen molar-refractivity contribution in [1.29, 1.82) is 5.26 Å². The number of anilines is 1. The third kappa shape index (κ3) is 2.56. The van der Waals surface area contributed by atoms with Crippen molar-refractivity contribution in [2.45, 2.75) is 19.8 Å². The molecule has 0 aliphatic carbocycles. The quantitative estimate of drug-likeness (QED) is 0.796. The van der Waals surface area contributed by atoms with Crippen LogP contribution in [0.1, 0.15) is 18.5 Å². The molecule has 0 atom stereocenters. The van der Waals surface area contributed by atoms with Crippen molar-refractivity contribution in [2.24, 2.45) is 5.92 Å². The van der Waals surface area contributed by atoms with E-state index in [0.29, 0.717) is 5.02 Å². The third-order valence-corrected chi connectivity index (χ3v) is 4.15. The maximum absolute atomic E-state index is 8.89. The van der Waals surface area contributed by atoms with Crippen LogP contribution in [0.2, 0.25) is 5.02 Å². The zero-order chi connectivity index (χ0) is 12.4. The minimum atomic E-state index is 0.187. The largest absolute Gasteiger partial charge is 0.369 e. The number of hydrogen-bond acceptors (Lipinski definition) is 3. The van der Waals surface area contributed by atoms with Gasteiger partial charge in [0, 0.05) is 25.2 Å². The summed E-state index contributed by atoms with van der Waals surface area (Å²) in [5.41, 5.74) is 1.85. The lowest BCUT2D eigenvalue weighted by atomic mass is 9.98. The summed E-state index contributed by atoms with van der Waals surface area (Å²) in [6, 6.07) is 2.33. The van der Waals surface area contributed by atoms with E-state index >= 15 is 0 Å². The molecule has 5 heteroatoms. The van der Waals surface area contributed by atoms with Crippen LogP contribution in [0.4, 0.5) is 5.69 Å². The van der Waals surface area contributed by atoms with Gasteiger partial charge in [0.15, 0.2) is 0 Å². The number of hydrogen-bond donors (Lipinski definition) is 0. The first-order valence-corrected chi connectivity index (χ1v) is 6.75. The second-order valence-electron chi connectivity index (χ2n) is 4.24. The Morgan fingerprint density at radius 2 is 2.18 bits per heavy atom. The second kappa shape index (κ2) is 5.24. The number of nitrogens with zero attached hydrogens (tertiary/aromatic N) is 3. The normalized spacial score (nSPS) is 16.9. The van der Waals surface area contributed by atoms with Gasteiger partial charge in [-0.25, -0.2) is 0 Å². The van der Waals surface area contributed by atoms with E-state index in [1.54, 1.807) is 6.20 Å². The van der Waals surface area contributed by atoms with E-state index in [-0.39, 0.29) is 5.92 Å². The van der Waals surface area contributed by atoms with Crippen LogP contribution < -0.4 is 4.90 Å². The molecule has 0 spiro atoms. The van der Waals surface area contributed by atoms with Crippen LogP contribution in [0, 0.1) is 24.2 Å². The molecule has 0 N–H and O–H groups in total. The molecule has 3 nitrogen and oxygen atoms in total. The van der Waals surface area contributed by atoms with Gasteiger partial charge in [0.1, 0.15) is 0 Å². The van der Waals surface area contributed by atoms with Crippen molar-refractivity contribution >= 4 is 33.2 Å². The number of aryl methyl sites for hydroxylation is 1. The third-order valence-electron chi connectivity index (χ3n) is 3.12. The lowest BCUT2D eigenvalue weighted by molar-refractivity contribution is 0.487. The van der Waals surface area contributed by atoms with E-state index in [1.165, 1.54) is 0 Å². The minimum Gasteiger partial charge on any atom is -0.369 e. The standard InChI is InChI=1S/C12H13BrClN3/c1-8-11(14)12(10(13)7-16-8)17-4-2-9(6-15)3-5-17/h7,9H,2-5H2,1H3. The number of nitriles is 1. The topological polar surface area (TPSA) is 39.9 Å². The molecule has 1 aromatic heterocycles. The van der Waals surface area contributed by atoms with E-state index in [1.807, 2.05) is 6.92 Å². The number of pyridine rings is 1. The highest BCUT2D eigenvalue weighted by molar-refractivity contribution is 9.10. The fourth-order valence-electron chi connectivity index (χ4n) is 2.07. The van der Waals surface area contributed by atoms with Crippen molar-refractivity contribution in [2.75, 3.05) is 18.0 Å². The Hall–Kier alpha value is -0.790. The van der Waals surface area contributed by atoms with Crippen LogP contribution in [-0.4, -0.2) is 18.1 Å². The summed E-state index contributed by atoms with van der Waals surface area (Å²) in [5.74, 6) is 0.187. The molecular weight excluding hydrogens is 302 g/mol. The first-order chi connectivity index (χ1) is 8.13. The Morgan fingerprint density at radius 3 is 2.76 bits per heavy atom. The Kier molecular flexibility index (Phi) is 3.90. The molecule has 0 aromatic carbocycles. The highest BCUT2D eigenvalue weighted by atomic mass is 79.9. The van der Waals surface area contributed by atoms with Gasteiger partial charge in [0.05, 0.1) is 26.9 Å². The molecule has 1 aromatic rings. The first-order valence-electron chi connectivity index (χ1n) is 5.58. The molecular formula is C12H13BrClN3. The molecule has 2 rings (SSSR count). The number of aromatic nitrogens is 1. The number of piperidine rings is 1. The Morgan fingerprint density at radius 1 is 1.53 bits per heavy atom. The van der Waals surface area contributed by atoms with Crippen molar-refractivity contribution < 1.29 is 0 Å². The highest BCUT2D eigenvalue weighted by Gasteiger charge is 2.23. The Bertz CT molecular complexity index is 462. The van der Waals surface area contributed by atoms with Crippen LogP contribution in [0.3, 0.4) is 0 Å². The van der Waals surface area contributed by atoms with Gasteiger partial charge in [-0.2, -0.15) is 5.26 Å². The minimum absolute atomic E-state index is 0.187.